The molecule has 0 spiro atoms. The Labute approximate surface area is 139 Å². The predicted molar refractivity (Wildman–Crippen MR) is 86.5 cm³/mol. The Hall–Kier alpha value is -2.90. The quantitative estimate of drug-likeness (QED) is 0.838. The molecule has 0 saturated carbocycles. The van der Waals surface area contributed by atoms with E-state index in [9.17, 15) is 4.79 Å². The van der Waals surface area contributed by atoms with Gasteiger partial charge in [-0.15, -0.1) is 0 Å². The number of tetrazole rings is 1. The van der Waals surface area contributed by atoms with Crippen molar-refractivity contribution in [2.24, 2.45) is 0 Å². The Morgan fingerprint density at radius 1 is 1.29 bits per heavy atom. The van der Waals surface area contributed by atoms with Crippen molar-refractivity contribution >= 4 is 11.9 Å². The van der Waals surface area contributed by atoms with Crippen molar-refractivity contribution in [3.8, 4) is 5.75 Å². The second-order valence-electron chi connectivity index (χ2n) is 5.20. The lowest BCUT2D eigenvalue weighted by atomic mass is 9.95. The molecule has 1 atom stereocenters. The van der Waals surface area contributed by atoms with Crippen LogP contribution in [0.5, 0.6) is 5.75 Å². The Bertz CT molecular complexity index is 784. The summed E-state index contributed by atoms with van der Waals surface area (Å²) in [5.41, 5.74) is 1.92. The average molecular weight is 329 g/mol. The van der Waals surface area contributed by atoms with E-state index in [1.165, 1.54) is 0 Å². The van der Waals surface area contributed by atoms with Gasteiger partial charge >= 0.3 is 5.97 Å². The molecule has 0 amide bonds. The van der Waals surface area contributed by atoms with Crippen molar-refractivity contribution in [3.05, 3.63) is 41.1 Å². The molecule has 126 valence electrons. The number of rotatable bonds is 5. The third kappa shape index (κ3) is 2.70. The lowest BCUT2D eigenvalue weighted by Crippen LogP contribution is -2.30. The molecule has 24 heavy (non-hydrogen) atoms. The first-order chi connectivity index (χ1) is 11.7. The van der Waals surface area contributed by atoms with Gasteiger partial charge in [-0.1, -0.05) is 23.3 Å². The highest BCUT2D eigenvalue weighted by molar-refractivity contribution is 5.92. The molecule has 0 saturated heterocycles. The predicted octanol–water partition coefficient (Wildman–Crippen LogP) is 1.92. The summed E-state index contributed by atoms with van der Waals surface area (Å²) in [4.78, 5) is 12.6. The smallest absolute Gasteiger partial charge is 0.338 e. The van der Waals surface area contributed by atoms with E-state index in [2.05, 4.69) is 20.8 Å². The molecule has 1 aliphatic rings. The number of carbonyl (C=O) groups is 1. The van der Waals surface area contributed by atoms with E-state index in [0.717, 1.165) is 5.56 Å². The minimum Gasteiger partial charge on any atom is -0.494 e. The van der Waals surface area contributed by atoms with Crippen molar-refractivity contribution in [2.45, 2.75) is 26.8 Å². The normalized spacial score (nSPS) is 16.4. The van der Waals surface area contributed by atoms with Crippen LogP contribution in [0.3, 0.4) is 0 Å². The third-order valence-corrected chi connectivity index (χ3v) is 3.72. The van der Waals surface area contributed by atoms with Crippen molar-refractivity contribution < 1.29 is 14.3 Å². The molecule has 8 nitrogen and oxygen atoms in total. The zero-order valence-corrected chi connectivity index (χ0v) is 13.8. The monoisotopic (exact) mass is 329 g/mol. The van der Waals surface area contributed by atoms with Gasteiger partial charge in [0, 0.05) is 11.3 Å². The SMILES string of the molecule is CCOC(=O)C1=C(C)Nc2nnnn2C1c1ccccc1OCC. The molecule has 1 N–H and O–H groups in total. The fraction of sp³-hybridized carbons (Fsp3) is 0.375. The molecule has 0 fully saturated rings. The number of nitrogens with one attached hydrogen (secondary N) is 1. The van der Waals surface area contributed by atoms with Gasteiger partial charge in [-0.3, -0.25) is 0 Å². The molecule has 8 heteroatoms. The maximum Gasteiger partial charge on any atom is 0.338 e. The van der Waals surface area contributed by atoms with Crippen LogP contribution >= 0.6 is 0 Å². The maximum atomic E-state index is 12.6. The molecule has 3 rings (SSSR count). The lowest BCUT2D eigenvalue weighted by Gasteiger charge is -2.28. The van der Waals surface area contributed by atoms with Crippen LogP contribution in [0.25, 0.3) is 0 Å². The van der Waals surface area contributed by atoms with Crippen LogP contribution in [0.4, 0.5) is 5.95 Å². The first-order valence-electron chi connectivity index (χ1n) is 7.81. The summed E-state index contributed by atoms with van der Waals surface area (Å²) >= 11 is 0. The van der Waals surface area contributed by atoms with E-state index in [1.807, 2.05) is 31.2 Å². The van der Waals surface area contributed by atoms with E-state index < -0.39 is 12.0 Å². The van der Waals surface area contributed by atoms with E-state index in [0.29, 0.717) is 29.6 Å². The minimum atomic E-state index is -0.516. The van der Waals surface area contributed by atoms with Gasteiger partial charge in [0.25, 0.3) is 0 Å². The molecule has 1 aromatic heterocycles. The molecule has 2 heterocycles. The summed E-state index contributed by atoms with van der Waals surface area (Å²) in [6.45, 7) is 6.30. The van der Waals surface area contributed by atoms with E-state index in [-0.39, 0.29) is 6.61 Å². The van der Waals surface area contributed by atoms with Crippen LogP contribution in [0, 0.1) is 0 Å². The van der Waals surface area contributed by atoms with Crippen LogP contribution in [0.1, 0.15) is 32.4 Å². The number of carbonyl (C=O) groups excluding carboxylic acids is 1. The number of hydrogen-bond donors (Lipinski definition) is 1. The fourth-order valence-corrected chi connectivity index (χ4v) is 2.77. The van der Waals surface area contributed by atoms with Crippen LogP contribution in [-0.4, -0.2) is 39.4 Å². The second-order valence-corrected chi connectivity index (χ2v) is 5.20. The van der Waals surface area contributed by atoms with Gasteiger partial charge < -0.3 is 14.8 Å². The first kappa shape index (κ1) is 16.0. The highest BCUT2D eigenvalue weighted by Crippen LogP contribution is 2.38. The number of allylic oxidation sites excluding steroid dienone is 1. The maximum absolute atomic E-state index is 12.6. The highest BCUT2D eigenvalue weighted by Gasteiger charge is 2.36. The Kier molecular flexibility index (Phi) is 4.45. The van der Waals surface area contributed by atoms with E-state index >= 15 is 0 Å². The van der Waals surface area contributed by atoms with Crippen LogP contribution < -0.4 is 10.1 Å². The summed E-state index contributed by atoms with van der Waals surface area (Å²) in [7, 11) is 0. The summed E-state index contributed by atoms with van der Waals surface area (Å²) in [5, 5.41) is 14.8. The van der Waals surface area contributed by atoms with Crippen molar-refractivity contribution in [1.29, 1.82) is 0 Å². The number of aromatic nitrogens is 4. The van der Waals surface area contributed by atoms with E-state index in [1.54, 1.807) is 18.5 Å². The molecule has 1 aliphatic heterocycles. The zero-order chi connectivity index (χ0) is 17.1. The highest BCUT2D eigenvalue weighted by atomic mass is 16.5. The number of fused-ring (bicyclic) bond motifs is 1. The van der Waals surface area contributed by atoms with Gasteiger partial charge in [0.05, 0.1) is 18.8 Å². The molecule has 2 aromatic rings. The van der Waals surface area contributed by atoms with Gasteiger partial charge in [-0.25, -0.2) is 4.79 Å². The van der Waals surface area contributed by atoms with Gasteiger partial charge in [0.2, 0.25) is 5.95 Å². The number of esters is 1. The first-order valence-corrected chi connectivity index (χ1v) is 7.81. The van der Waals surface area contributed by atoms with Crippen molar-refractivity contribution in [3.63, 3.8) is 0 Å². The zero-order valence-electron chi connectivity index (χ0n) is 13.8. The average Bonchev–Trinajstić information content (AvgIpc) is 3.02. The topological polar surface area (TPSA) is 91.2 Å². The molecule has 0 bridgehead atoms. The summed E-state index contributed by atoms with van der Waals surface area (Å²) in [6, 6.07) is 7.03. The number of benzene rings is 1. The fourth-order valence-electron chi connectivity index (χ4n) is 2.77. The minimum absolute atomic E-state index is 0.290. The van der Waals surface area contributed by atoms with Crippen LogP contribution in [0.2, 0.25) is 0 Å². The van der Waals surface area contributed by atoms with Gasteiger partial charge in [-0.05, 0) is 37.3 Å². The number of ether oxygens (including phenoxy) is 2. The number of para-hydroxylation sites is 1. The van der Waals surface area contributed by atoms with Crippen LogP contribution in [0.15, 0.2) is 35.5 Å². The number of anilines is 1. The lowest BCUT2D eigenvalue weighted by molar-refractivity contribution is -0.139. The second kappa shape index (κ2) is 6.69. The largest absolute Gasteiger partial charge is 0.494 e. The summed E-state index contributed by atoms with van der Waals surface area (Å²) in [6.07, 6.45) is 0. The standard InChI is InChI=1S/C16H19N5O3/c1-4-23-12-9-7-6-8-11(12)14-13(15(22)24-5-2)10(3)17-16-18-19-20-21(14)16/h6-9,14H,4-5H2,1-3H3,(H,17,18,20). The third-order valence-electron chi connectivity index (χ3n) is 3.72. The molecule has 0 radical (unpaired) electrons. The molecule has 0 aliphatic carbocycles. The van der Waals surface area contributed by atoms with Crippen LogP contribution in [-0.2, 0) is 9.53 Å². The van der Waals surface area contributed by atoms with E-state index in [4.69, 9.17) is 9.47 Å². The number of hydrogen-bond acceptors (Lipinski definition) is 7. The van der Waals surface area contributed by atoms with Gasteiger partial charge in [-0.2, -0.15) is 4.68 Å². The summed E-state index contributed by atoms with van der Waals surface area (Å²) in [5.74, 6) is 0.750. The van der Waals surface area contributed by atoms with Crippen molar-refractivity contribution in [1.82, 2.24) is 20.2 Å². The van der Waals surface area contributed by atoms with Gasteiger partial charge in [0.1, 0.15) is 11.8 Å². The molecule has 1 aromatic carbocycles. The Morgan fingerprint density at radius 3 is 2.83 bits per heavy atom. The summed E-state index contributed by atoms with van der Waals surface area (Å²) < 4.78 is 12.5. The Balaban J connectivity index is 2.16. The molecular weight excluding hydrogens is 310 g/mol. The molecular formula is C16H19N5O3. The van der Waals surface area contributed by atoms with Crippen molar-refractivity contribution in [2.75, 3.05) is 18.5 Å². The number of nitrogens with zero attached hydrogens (tertiary/aromatic N) is 4. The van der Waals surface area contributed by atoms with Gasteiger partial charge in [0.15, 0.2) is 0 Å². The Morgan fingerprint density at radius 2 is 2.08 bits per heavy atom. The molecule has 1 unspecified atom stereocenters.